The summed E-state index contributed by atoms with van der Waals surface area (Å²) in [6.07, 6.45) is 32.7. The van der Waals surface area contributed by atoms with Gasteiger partial charge in [0.05, 0.1) is 0 Å². The van der Waals surface area contributed by atoms with E-state index in [4.69, 9.17) is 4.74 Å². The quantitative estimate of drug-likeness (QED) is 0.0749. The maximum absolute atomic E-state index is 12.1. The number of carbonyl (C=O) groups excluding carboxylic acids is 1. The summed E-state index contributed by atoms with van der Waals surface area (Å²) in [5.74, 6) is -1.34. The van der Waals surface area contributed by atoms with E-state index in [0.717, 1.165) is 38.5 Å². The van der Waals surface area contributed by atoms with Crippen molar-refractivity contribution in [2.24, 2.45) is 0 Å². The highest BCUT2D eigenvalue weighted by atomic mass is 16.6. The van der Waals surface area contributed by atoms with Crippen LogP contribution in [-0.2, 0) is 14.3 Å². The van der Waals surface area contributed by atoms with Gasteiger partial charge in [0.25, 0.3) is 0 Å². The summed E-state index contributed by atoms with van der Waals surface area (Å²) in [5, 5.41) is 9.42. The minimum absolute atomic E-state index is 0.342. The molecule has 0 spiro atoms. The molecule has 220 valence electrons. The van der Waals surface area contributed by atoms with Crippen molar-refractivity contribution in [2.45, 2.75) is 200 Å². The number of esters is 1. The Bertz CT molecular complexity index is 491. The van der Waals surface area contributed by atoms with Crippen LogP contribution in [0.3, 0.4) is 0 Å². The Morgan fingerprint density at radius 2 is 0.784 bits per heavy atom. The lowest BCUT2D eigenvalue weighted by Crippen LogP contribution is -2.27. The van der Waals surface area contributed by atoms with Crippen molar-refractivity contribution in [3.63, 3.8) is 0 Å². The summed E-state index contributed by atoms with van der Waals surface area (Å²) in [4.78, 5) is 23.6. The van der Waals surface area contributed by atoms with Gasteiger partial charge in [0.2, 0.25) is 0 Å². The van der Waals surface area contributed by atoms with E-state index >= 15 is 0 Å². The van der Waals surface area contributed by atoms with Crippen LogP contribution >= 0.6 is 0 Å². The van der Waals surface area contributed by atoms with Crippen LogP contribution in [0.2, 0.25) is 0 Å². The van der Waals surface area contributed by atoms with Crippen LogP contribution in [0.25, 0.3) is 0 Å². The maximum atomic E-state index is 12.1. The minimum Gasteiger partial charge on any atom is -0.479 e. The number of hydrogen-bond donors (Lipinski definition) is 1. The molecule has 0 amide bonds. The molecule has 0 aromatic rings. The fourth-order valence-electron chi connectivity index (χ4n) is 5.09. The van der Waals surface area contributed by atoms with E-state index in [-0.39, 0.29) is 5.97 Å². The number of carbonyl (C=O) groups is 2. The Balaban J connectivity index is 3.54. The van der Waals surface area contributed by atoms with Gasteiger partial charge in [0, 0.05) is 6.42 Å². The third-order valence-corrected chi connectivity index (χ3v) is 7.60. The molecule has 1 N–H and O–H groups in total. The maximum Gasteiger partial charge on any atom is 0.345 e. The van der Waals surface area contributed by atoms with Gasteiger partial charge in [0.1, 0.15) is 0 Å². The molecule has 0 fully saturated rings. The average molecular weight is 525 g/mol. The van der Waals surface area contributed by atoms with Gasteiger partial charge in [-0.25, -0.2) is 4.79 Å². The molecule has 0 saturated carbocycles. The van der Waals surface area contributed by atoms with Crippen LogP contribution in [0.15, 0.2) is 0 Å². The number of rotatable bonds is 30. The monoisotopic (exact) mass is 524 g/mol. The number of carboxylic acids is 1. The molecular weight excluding hydrogens is 460 g/mol. The van der Waals surface area contributed by atoms with E-state index in [0.29, 0.717) is 12.8 Å². The summed E-state index contributed by atoms with van der Waals surface area (Å²) < 4.78 is 5.29. The normalized spacial score (nSPS) is 12.1. The van der Waals surface area contributed by atoms with E-state index in [1.54, 1.807) is 0 Å². The zero-order valence-electron chi connectivity index (χ0n) is 25.0. The lowest BCUT2D eigenvalue weighted by Gasteiger charge is -2.13. The third-order valence-electron chi connectivity index (χ3n) is 7.60. The predicted octanol–water partition coefficient (Wildman–Crippen LogP) is 10.9. The van der Waals surface area contributed by atoms with E-state index in [2.05, 4.69) is 13.8 Å². The second-order valence-corrected chi connectivity index (χ2v) is 11.3. The first-order valence-electron chi connectivity index (χ1n) is 16.5. The molecule has 37 heavy (non-hydrogen) atoms. The molecule has 0 aromatic heterocycles. The van der Waals surface area contributed by atoms with Crippen molar-refractivity contribution < 1.29 is 19.4 Å². The van der Waals surface area contributed by atoms with Crippen LogP contribution in [-0.4, -0.2) is 23.1 Å². The first kappa shape index (κ1) is 35.9. The van der Waals surface area contributed by atoms with Crippen molar-refractivity contribution in [1.82, 2.24) is 0 Å². The zero-order valence-corrected chi connectivity index (χ0v) is 25.0. The van der Waals surface area contributed by atoms with Gasteiger partial charge >= 0.3 is 11.9 Å². The largest absolute Gasteiger partial charge is 0.479 e. The summed E-state index contributed by atoms with van der Waals surface area (Å²) in [7, 11) is 0. The Kier molecular flexibility index (Phi) is 28.7. The molecule has 0 aromatic carbocycles. The van der Waals surface area contributed by atoms with Crippen molar-refractivity contribution >= 4 is 11.9 Å². The van der Waals surface area contributed by atoms with Crippen LogP contribution < -0.4 is 0 Å². The summed E-state index contributed by atoms with van der Waals surface area (Å²) in [6.45, 7) is 4.52. The molecule has 0 rings (SSSR count). The number of unbranched alkanes of at least 4 members (excludes halogenated alkanes) is 24. The number of hydrogen-bond acceptors (Lipinski definition) is 3. The standard InChI is InChI=1S/C33H64O4/c1-3-5-7-9-11-13-15-17-18-20-22-24-26-28-30-32(34)37-31(33(35)36)29-27-25-23-21-19-16-14-12-10-8-6-4-2/h31H,3-30H2,1-2H3,(H,35,36). The van der Waals surface area contributed by atoms with Crippen molar-refractivity contribution in [1.29, 1.82) is 0 Å². The predicted molar refractivity (Wildman–Crippen MR) is 158 cm³/mol. The molecule has 4 heteroatoms. The van der Waals surface area contributed by atoms with Crippen LogP contribution in [0.4, 0.5) is 0 Å². The Labute approximate surface area is 231 Å². The van der Waals surface area contributed by atoms with E-state index < -0.39 is 12.1 Å². The summed E-state index contributed by atoms with van der Waals surface area (Å²) in [5.41, 5.74) is 0. The van der Waals surface area contributed by atoms with E-state index in [9.17, 15) is 14.7 Å². The second kappa shape index (κ2) is 29.5. The highest BCUT2D eigenvalue weighted by Crippen LogP contribution is 2.16. The smallest absolute Gasteiger partial charge is 0.345 e. The zero-order chi connectivity index (χ0) is 27.2. The molecule has 0 bridgehead atoms. The molecular formula is C33H64O4. The SMILES string of the molecule is CCCCCCCCCCCCCCCCC(=O)OC(CCCCCCCCCCCCCC)C(=O)O. The number of ether oxygens (including phenoxy) is 1. The van der Waals surface area contributed by atoms with Gasteiger partial charge in [0.15, 0.2) is 6.10 Å². The van der Waals surface area contributed by atoms with Gasteiger partial charge in [-0.05, 0) is 19.3 Å². The lowest BCUT2D eigenvalue weighted by molar-refractivity contribution is -0.164. The van der Waals surface area contributed by atoms with Crippen LogP contribution in [0.5, 0.6) is 0 Å². The highest BCUT2D eigenvalue weighted by Gasteiger charge is 2.21. The summed E-state index contributed by atoms with van der Waals surface area (Å²) >= 11 is 0. The van der Waals surface area contributed by atoms with Crippen molar-refractivity contribution in [3.05, 3.63) is 0 Å². The molecule has 1 unspecified atom stereocenters. The second-order valence-electron chi connectivity index (χ2n) is 11.3. The fraction of sp³-hybridized carbons (Fsp3) is 0.939. The van der Waals surface area contributed by atoms with Gasteiger partial charge in [-0.3, -0.25) is 4.79 Å². The molecule has 0 aliphatic carbocycles. The number of carboxylic acid groups (broad SMARTS) is 1. The first-order valence-corrected chi connectivity index (χ1v) is 16.5. The average Bonchev–Trinajstić information content (AvgIpc) is 2.88. The lowest BCUT2D eigenvalue weighted by atomic mass is 10.0. The molecule has 0 aliphatic rings. The molecule has 0 aliphatic heterocycles. The highest BCUT2D eigenvalue weighted by molar-refractivity contribution is 5.77. The molecule has 0 radical (unpaired) electrons. The summed E-state index contributed by atoms with van der Waals surface area (Å²) in [6, 6.07) is 0. The fourth-order valence-corrected chi connectivity index (χ4v) is 5.09. The van der Waals surface area contributed by atoms with Crippen LogP contribution in [0.1, 0.15) is 194 Å². The van der Waals surface area contributed by atoms with E-state index in [1.807, 2.05) is 0 Å². The Morgan fingerprint density at radius 1 is 0.486 bits per heavy atom. The van der Waals surface area contributed by atoms with Crippen LogP contribution in [0, 0.1) is 0 Å². The topological polar surface area (TPSA) is 63.6 Å². The van der Waals surface area contributed by atoms with Crippen molar-refractivity contribution in [2.75, 3.05) is 0 Å². The first-order chi connectivity index (χ1) is 18.1. The molecule has 0 heterocycles. The van der Waals surface area contributed by atoms with E-state index in [1.165, 1.54) is 128 Å². The Morgan fingerprint density at radius 3 is 1.11 bits per heavy atom. The molecule has 0 saturated heterocycles. The van der Waals surface area contributed by atoms with Crippen molar-refractivity contribution in [3.8, 4) is 0 Å². The third kappa shape index (κ3) is 27.8. The number of aliphatic carboxylic acids is 1. The molecule has 1 atom stereocenters. The molecule has 4 nitrogen and oxygen atoms in total. The van der Waals surface area contributed by atoms with Gasteiger partial charge in [-0.15, -0.1) is 0 Å². The minimum atomic E-state index is -1.00. The van der Waals surface area contributed by atoms with Gasteiger partial charge < -0.3 is 9.84 Å². The van der Waals surface area contributed by atoms with Gasteiger partial charge in [-0.2, -0.15) is 0 Å². The Hall–Kier alpha value is -1.06. The van der Waals surface area contributed by atoms with Gasteiger partial charge in [-0.1, -0.05) is 168 Å².